The fourth-order valence-electron chi connectivity index (χ4n) is 10.3. The summed E-state index contributed by atoms with van der Waals surface area (Å²) in [6.45, 7) is 8.45. The summed E-state index contributed by atoms with van der Waals surface area (Å²) in [6, 6.07) is 3.40. The number of hydrogen-bond acceptors (Lipinski definition) is 5. The summed E-state index contributed by atoms with van der Waals surface area (Å²) >= 11 is 0. The molecular formula is C32H45F3N2O4S. The Kier molecular flexibility index (Phi) is 7.28. The highest BCUT2D eigenvalue weighted by molar-refractivity contribution is 7.89. The molecule has 4 saturated carbocycles. The summed E-state index contributed by atoms with van der Waals surface area (Å²) < 4.78 is 69.5. The molecule has 0 bridgehead atoms. The molecule has 1 N–H and O–H groups in total. The number of Topliss-reactive ketones (excluding diaryl/α,β-unsaturated/α-hetero) is 1. The molecule has 1 aromatic rings. The molecule has 10 heteroatoms. The third-order valence-corrected chi connectivity index (χ3v) is 14.7. The maximum absolute atomic E-state index is 13.7. The van der Waals surface area contributed by atoms with Gasteiger partial charge >= 0.3 is 6.18 Å². The molecule has 9 atom stereocenters. The number of benzene rings is 1. The zero-order valence-electron chi connectivity index (χ0n) is 25.2. The number of halogens is 3. The van der Waals surface area contributed by atoms with Crippen LogP contribution in [0.4, 0.5) is 13.2 Å². The van der Waals surface area contributed by atoms with Crippen LogP contribution in [-0.4, -0.2) is 59.4 Å². The van der Waals surface area contributed by atoms with Crippen molar-refractivity contribution in [2.75, 3.05) is 13.1 Å². The average molecular weight is 611 g/mol. The third kappa shape index (κ3) is 4.52. The number of piperazine rings is 1. The van der Waals surface area contributed by atoms with E-state index in [0.29, 0.717) is 48.7 Å². The van der Waals surface area contributed by atoms with Crippen molar-refractivity contribution in [1.82, 2.24) is 9.21 Å². The molecule has 234 valence electrons. The van der Waals surface area contributed by atoms with Gasteiger partial charge < -0.3 is 5.11 Å². The molecule has 0 aromatic heterocycles. The molecule has 0 radical (unpaired) electrons. The minimum absolute atomic E-state index is 0.0128. The molecule has 0 amide bonds. The van der Waals surface area contributed by atoms with E-state index in [0.717, 1.165) is 50.7 Å². The number of aliphatic hydroxyl groups is 1. The molecule has 42 heavy (non-hydrogen) atoms. The van der Waals surface area contributed by atoms with E-state index >= 15 is 0 Å². The Morgan fingerprint density at radius 1 is 0.929 bits per heavy atom. The van der Waals surface area contributed by atoms with Gasteiger partial charge in [-0.15, -0.1) is 0 Å². The van der Waals surface area contributed by atoms with Crippen LogP contribution in [0.5, 0.6) is 0 Å². The molecule has 0 spiro atoms. The summed E-state index contributed by atoms with van der Waals surface area (Å²) in [5.74, 6) is 2.37. The molecule has 1 saturated heterocycles. The molecule has 1 heterocycles. The van der Waals surface area contributed by atoms with Crippen molar-refractivity contribution in [2.24, 2.45) is 34.5 Å². The number of fused-ring (bicyclic) bond motifs is 5. The van der Waals surface area contributed by atoms with Gasteiger partial charge in [-0.1, -0.05) is 26.0 Å². The standard InChI is InChI=1S/C32H45F3N2O4S/c1-20-19-37(42(40,41)27-8-6-5-7-26(27)32(33,34)35)21(2)18-36(20)31(39)16-15-29(3)22(17-31)9-10-23-24-11-12-28(38)30(24,4)14-13-25(23)29/h5-8,20-25,39H,9-19H2,1-4H3/t20-,21+,22+,23+,24+,25+,29+,30-,31-/m1/s1. The monoisotopic (exact) mass is 610 g/mol. The van der Waals surface area contributed by atoms with Crippen molar-refractivity contribution in [3.8, 4) is 0 Å². The van der Waals surface area contributed by atoms with Crippen LogP contribution in [0.25, 0.3) is 0 Å². The first-order chi connectivity index (χ1) is 19.5. The van der Waals surface area contributed by atoms with Gasteiger partial charge in [-0.05, 0) is 106 Å². The highest BCUT2D eigenvalue weighted by atomic mass is 32.2. The van der Waals surface area contributed by atoms with Crippen LogP contribution in [0.15, 0.2) is 29.2 Å². The zero-order chi connectivity index (χ0) is 30.5. The summed E-state index contributed by atoms with van der Waals surface area (Å²) in [5.41, 5.74) is -2.30. The van der Waals surface area contributed by atoms with Gasteiger partial charge in [-0.3, -0.25) is 9.69 Å². The first-order valence-corrected chi connectivity index (χ1v) is 17.2. The van der Waals surface area contributed by atoms with Crippen LogP contribution in [0.1, 0.15) is 91.0 Å². The van der Waals surface area contributed by atoms with Gasteiger partial charge in [0.2, 0.25) is 10.0 Å². The van der Waals surface area contributed by atoms with Crippen LogP contribution in [-0.2, 0) is 21.0 Å². The van der Waals surface area contributed by atoms with Gasteiger partial charge in [0.05, 0.1) is 10.5 Å². The van der Waals surface area contributed by atoms with Crippen molar-refractivity contribution >= 4 is 15.8 Å². The first kappa shape index (κ1) is 30.5. The number of alkyl halides is 3. The van der Waals surface area contributed by atoms with Crippen molar-refractivity contribution in [1.29, 1.82) is 0 Å². The zero-order valence-corrected chi connectivity index (χ0v) is 26.0. The van der Waals surface area contributed by atoms with Gasteiger partial charge in [0.25, 0.3) is 0 Å². The maximum Gasteiger partial charge on any atom is 0.417 e. The molecule has 6 nitrogen and oxygen atoms in total. The van der Waals surface area contributed by atoms with Gasteiger partial charge in [0.1, 0.15) is 11.5 Å². The van der Waals surface area contributed by atoms with Crippen molar-refractivity contribution < 1.29 is 31.5 Å². The highest BCUT2D eigenvalue weighted by Gasteiger charge is 2.62. The lowest BCUT2D eigenvalue weighted by Crippen LogP contribution is -2.67. The van der Waals surface area contributed by atoms with E-state index < -0.39 is 38.4 Å². The van der Waals surface area contributed by atoms with E-state index in [1.54, 1.807) is 6.92 Å². The Hall–Kier alpha value is -1.49. The Bertz CT molecular complexity index is 1350. The van der Waals surface area contributed by atoms with E-state index in [-0.39, 0.29) is 30.0 Å². The van der Waals surface area contributed by atoms with E-state index in [9.17, 15) is 31.5 Å². The lowest BCUT2D eigenvalue weighted by molar-refractivity contribution is -0.215. The quantitative estimate of drug-likeness (QED) is 0.448. The number of hydrogen-bond donors (Lipinski definition) is 1. The smallest absolute Gasteiger partial charge is 0.376 e. The van der Waals surface area contributed by atoms with Crippen LogP contribution < -0.4 is 0 Å². The number of carbonyl (C=O) groups is 1. The molecule has 0 unspecified atom stereocenters. The Morgan fingerprint density at radius 3 is 2.36 bits per heavy atom. The van der Waals surface area contributed by atoms with Gasteiger partial charge in [-0.25, -0.2) is 8.42 Å². The summed E-state index contributed by atoms with van der Waals surface area (Å²) in [6.07, 6.45) is 3.17. The first-order valence-electron chi connectivity index (χ1n) is 15.7. The minimum atomic E-state index is -4.78. The van der Waals surface area contributed by atoms with Crippen LogP contribution in [0, 0.1) is 34.5 Å². The van der Waals surface area contributed by atoms with Crippen LogP contribution in [0.3, 0.4) is 0 Å². The molecule has 1 aromatic carbocycles. The SMILES string of the molecule is C[C@@H]1CN(S(=O)(=O)c2ccccc2C(F)(F)F)[C@@H](C)CN1[C@@]1(O)CC[C@@]2(C)[C@@H](CC[C@@H]3[C@@H]2CC[C@@]2(C)C(=O)CC[C@@H]32)C1. The summed E-state index contributed by atoms with van der Waals surface area (Å²) in [7, 11) is -4.41. The molecule has 5 fully saturated rings. The van der Waals surface area contributed by atoms with Crippen molar-refractivity contribution in [3.63, 3.8) is 0 Å². The molecule has 1 aliphatic heterocycles. The predicted octanol–water partition coefficient (Wildman–Crippen LogP) is 6.09. The number of nitrogens with zero attached hydrogens (tertiary/aromatic N) is 2. The number of sulfonamides is 1. The second-order valence-electron chi connectivity index (χ2n) is 14.7. The molecular weight excluding hydrogens is 565 g/mol. The van der Waals surface area contributed by atoms with Gasteiger partial charge in [-0.2, -0.15) is 17.5 Å². The fourth-order valence-corrected chi connectivity index (χ4v) is 12.2. The largest absolute Gasteiger partial charge is 0.417 e. The Labute approximate surface area is 248 Å². The maximum atomic E-state index is 13.7. The van der Waals surface area contributed by atoms with E-state index in [2.05, 4.69) is 13.8 Å². The highest BCUT2D eigenvalue weighted by Crippen LogP contribution is 2.66. The minimum Gasteiger partial charge on any atom is -0.376 e. The lowest BCUT2D eigenvalue weighted by atomic mass is 9.44. The number of rotatable bonds is 3. The molecule has 4 aliphatic carbocycles. The predicted molar refractivity (Wildman–Crippen MR) is 153 cm³/mol. The fraction of sp³-hybridized carbons (Fsp3) is 0.781. The third-order valence-electron chi connectivity index (χ3n) is 12.7. The normalized spacial score (nSPS) is 43.5. The summed E-state index contributed by atoms with van der Waals surface area (Å²) in [4.78, 5) is 14.1. The van der Waals surface area contributed by atoms with Crippen LogP contribution >= 0.6 is 0 Å². The second-order valence-corrected chi connectivity index (χ2v) is 16.5. The average Bonchev–Trinajstić information content (AvgIpc) is 3.24. The van der Waals surface area contributed by atoms with Gasteiger partial charge in [0, 0.05) is 37.0 Å². The number of carbonyl (C=O) groups excluding carboxylic acids is 1. The van der Waals surface area contributed by atoms with Crippen LogP contribution in [0.2, 0.25) is 0 Å². The molecule has 6 rings (SSSR count). The molecule has 5 aliphatic rings. The Balaban J connectivity index is 1.19. The number of ketones is 1. The van der Waals surface area contributed by atoms with E-state index in [1.165, 1.54) is 16.4 Å². The Morgan fingerprint density at radius 2 is 1.64 bits per heavy atom. The van der Waals surface area contributed by atoms with E-state index in [4.69, 9.17) is 0 Å². The van der Waals surface area contributed by atoms with Crippen molar-refractivity contribution in [2.45, 2.75) is 114 Å². The van der Waals surface area contributed by atoms with Crippen molar-refractivity contribution in [3.05, 3.63) is 29.8 Å². The summed E-state index contributed by atoms with van der Waals surface area (Å²) in [5, 5.41) is 12.2. The van der Waals surface area contributed by atoms with E-state index in [1.807, 2.05) is 11.8 Å². The second kappa shape index (κ2) is 10.0. The lowest BCUT2D eigenvalue weighted by Gasteiger charge is -2.63. The van der Waals surface area contributed by atoms with Gasteiger partial charge in [0.15, 0.2) is 0 Å². The topological polar surface area (TPSA) is 77.9 Å².